The van der Waals surface area contributed by atoms with E-state index < -0.39 is 0 Å². The molecule has 0 fully saturated rings. The minimum atomic E-state index is -0.124. The van der Waals surface area contributed by atoms with Crippen molar-refractivity contribution in [1.82, 2.24) is 15.2 Å². The summed E-state index contributed by atoms with van der Waals surface area (Å²) in [6.07, 6.45) is 1.59. The van der Waals surface area contributed by atoms with Crippen LogP contribution in [0.25, 0.3) is 0 Å². The number of rotatable bonds is 6. The molecule has 0 aliphatic carbocycles. The van der Waals surface area contributed by atoms with Crippen molar-refractivity contribution < 1.29 is 9.53 Å². The Bertz CT molecular complexity index is 392. The summed E-state index contributed by atoms with van der Waals surface area (Å²) in [5, 5.41) is 3.26. The molecule has 0 aliphatic rings. The van der Waals surface area contributed by atoms with Crippen LogP contribution in [0.5, 0.6) is 5.75 Å². The minimum Gasteiger partial charge on any atom is -0.492 e. The molecule has 5 nitrogen and oxygen atoms in total. The lowest BCUT2D eigenvalue weighted by Gasteiger charge is -2.12. The van der Waals surface area contributed by atoms with Crippen molar-refractivity contribution in [3.63, 3.8) is 0 Å². The van der Waals surface area contributed by atoms with E-state index in [2.05, 4.69) is 24.1 Å². The summed E-state index contributed by atoms with van der Waals surface area (Å²) in [5.74, 6) is 0.543. The summed E-state index contributed by atoms with van der Waals surface area (Å²) < 4.78 is 5.55. The van der Waals surface area contributed by atoms with E-state index in [1.54, 1.807) is 32.4 Å². The lowest BCUT2D eigenvalue weighted by molar-refractivity contribution is 0.0821. The number of amides is 1. The van der Waals surface area contributed by atoms with Crippen LogP contribution in [0.1, 0.15) is 24.3 Å². The molecule has 18 heavy (non-hydrogen) atoms. The molecule has 5 heteroatoms. The first-order valence-electron chi connectivity index (χ1n) is 6.04. The van der Waals surface area contributed by atoms with Crippen molar-refractivity contribution in [2.24, 2.45) is 0 Å². The monoisotopic (exact) mass is 251 g/mol. The second-order valence-electron chi connectivity index (χ2n) is 4.53. The van der Waals surface area contributed by atoms with Gasteiger partial charge >= 0.3 is 0 Å². The summed E-state index contributed by atoms with van der Waals surface area (Å²) in [5.41, 5.74) is 0.398. The molecule has 1 amide bonds. The topological polar surface area (TPSA) is 54.5 Å². The highest BCUT2D eigenvalue weighted by molar-refractivity contribution is 5.92. The van der Waals surface area contributed by atoms with E-state index in [-0.39, 0.29) is 5.91 Å². The van der Waals surface area contributed by atoms with Gasteiger partial charge in [-0.15, -0.1) is 0 Å². The standard InChI is InChI=1S/C13H21N3O2/c1-10(2)14-7-8-18-11-5-6-15-12(9-11)13(17)16(3)4/h5-6,9-10,14H,7-8H2,1-4H3. The zero-order valence-corrected chi connectivity index (χ0v) is 11.4. The Morgan fingerprint density at radius 3 is 2.83 bits per heavy atom. The molecule has 1 heterocycles. The summed E-state index contributed by atoms with van der Waals surface area (Å²) in [6, 6.07) is 3.86. The maximum atomic E-state index is 11.7. The highest BCUT2D eigenvalue weighted by atomic mass is 16.5. The number of aromatic nitrogens is 1. The molecule has 0 spiro atoms. The van der Waals surface area contributed by atoms with E-state index in [9.17, 15) is 4.79 Å². The maximum Gasteiger partial charge on any atom is 0.272 e. The van der Waals surface area contributed by atoms with E-state index in [4.69, 9.17) is 4.74 Å². The van der Waals surface area contributed by atoms with Gasteiger partial charge in [0.1, 0.15) is 18.1 Å². The lowest BCUT2D eigenvalue weighted by Crippen LogP contribution is -2.27. The van der Waals surface area contributed by atoms with Crippen LogP contribution >= 0.6 is 0 Å². The van der Waals surface area contributed by atoms with Gasteiger partial charge in [-0.05, 0) is 6.07 Å². The summed E-state index contributed by atoms with van der Waals surface area (Å²) in [6.45, 7) is 5.51. The number of pyridine rings is 1. The van der Waals surface area contributed by atoms with Crippen LogP contribution in [-0.2, 0) is 0 Å². The highest BCUT2D eigenvalue weighted by Crippen LogP contribution is 2.11. The first-order chi connectivity index (χ1) is 8.50. The van der Waals surface area contributed by atoms with Crippen molar-refractivity contribution >= 4 is 5.91 Å². The van der Waals surface area contributed by atoms with Crippen molar-refractivity contribution in [2.45, 2.75) is 19.9 Å². The molecule has 0 aromatic carbocycles. The number of nitrogens with one attached hydrogen (secondary N) is 1. The third kappa shape index (κ3) is 4.71. The minimum absolute atomic E-state index is 0.124. The van der Waals surface area contributed by atoms with Crippen LogP contribution in [0, 0.1) is 0 Å². The predicted octanol–water partition coefficient (Wildman–Crippen LogP) is 1.16. The Morgan fingerprint density at radius 2 is 2.22 bits per heavy atom. The predicted molar refractivity (Wildman–Crippen MR) is 70.9 cm³/mol. The van der Waals surface area contributed by atoms with E-state index in [0.717, 1.165) is 6.54 Å². The molecule has 0 radical (unpaired) electrons. The molecule has 1 rings (SSSR count). The van der Waals surface area contributed by atoms with E-state index in [0.29, 0.717) is 24.1 Å². The largest absolute Gasteiger partial charge is 0.492 e. The highest BCUT2D eigenvalue weighted by Gasteiger charge is 2.10. The van der Waals surface area contributed by atoms with Crippen molar-refractivity contribution in [2.75, 3.05) is 27.2 Å². The SMILES string of the molecule is CC(C)NCCOc1ccnc(C(=O)N(C)C)c1. The van der Waals surface area contributed by atoms with Gasteiger partial charge in [-0.1, -0.05) is 13.8 Å². The van der Waals surface area contributed by atoms with Gasteiger partial charge in [-0.25, -0.2) is 0 Å². The van der Waals surface area contributed by atoms with Gasteiger partial charge in [0.2, 0.25) is 0 Å². The molecule has 0 saturated heterocycles. The third-order valence-electron chi connectivity index (χ3n) is 2.28. The molecule has 0 unspecified atom stereocenters. The molecule has 0 saturated carbocycles. The second kappa shape index (κ2) is 6.96. The Kier molecular flexibility index (Phi) is 5.58. The summed E-state index contributed by atoms with van der Waals surface area (Å²) in [7, 11) is 3.40. The average molecular weight is 251 g/mol. The van der Waals surface area contributed by atoms with Gasteiger partial charge in [0.05, 0.1) is 0 Å². The summed E-state index contributed by atoms with van der Waals surface area (Å²) >= 11 is 0. The molecule has 0 aliphatic heterocycles. The molecule has 1 aromatic rings. The molecule has 100 valence electrons. The third-order valence-corrected chi connectivity index (χ3v) is 2.28. The molecule has 0 bridgehead atoms. The van der Waals surface area contributed by atoms with Crippen molar-refractivity contribution in [3.05, 3.63) is 24.0 Å². The molecule has 1 aromatic heterocycles. The van der Waals surface area contributed by atoms with Crippen LogP contribution in [0.2, 0.25) is 0 Å². The Balaban J connectivity index is 2.52. The molecule has 1 N–H and O–H groups in total. The Morgan fingerprint density at radius 1 is 1.50 bits per heavy atom. The first kappa shape index (κ1) is 14.4. The first-order valence-corrected chi connectivity index (χ1v) is 6.04. The van der Waals surface area contributed by atoms with Gasteiger partial charge in [-0.3, -0.25) is 9.78 Å². The van der Waals surface area contributed by atoms with Crippen LogP contribution in [-0.4, -0.2) is 49.1 Å². The van der Waals surface area contributed by atoms with Gasteiger partial charge in [0, 0.05) is 38.9 Å². The summed E-state index contributed by atoms with van der Waals surface area (Å²) in [4.78, 5) is 17.2. The van der Waals surface area contributed by atoms with Gasteiger partial charge < -0.3 is 15.0 Å². The van der Waals surface area contributed by atoms with E-state index in [1.165, 1.54) is 4.90 Å². The molecular formula is C13H21N3O2. The fraction of sp³-hybridized carbons (Fsp3) is 0.538. The van der Waals surface area contributed by atoms with Crippen LogP contribution in [0.15, 0.2) is 18.3 Å². The second-order valence-corrected chi connectivity index (χ2v) is 4.53. The number of nitrogens with zero attached hydrogens (tertiary/aromatic N) is 2. The Labute approximate surface area is 108 Å². The quantitative estimate of drug-likeness (QED) is 0.771. The van der Waals surface area contributed by atoms with Crippen LogP contribution in [0.3, 0.4) is 0 Å². The number of hydrogen-bond acceptors (Lipinski definition) is 4. The lowest BCUT2D eigenvalue weighted by atomic mass is 10.3. The fourth-order valence-electron chi connectivity index (χ4n) is 1.36. The zero-order valence-electron chi connectivity index (χ0n) is 11.4. The number of carbonyl (C=O) groups is 1. The molecule has 0 atom stereocenters. The van der Waals surface area contributed by atoms with Crippen molar-refractivity contribution in [1.29, 1.82) is 0 Å². The van der Waals surface area contributed by atoms with Gasteiger partial charge in [0.15, 0.2) is 0 Å². The van der Waals surface area contributed by atoms with E-state index in [1.807, 2.05) is 0 Å². The smallest absolute Gasteiger partial charge is 0.272 e. The normalized spacial score (nSPS) is 10.5. The average Bonchev–Trinajstić information content (AvgIpc) is 2.33. The fourth-order valence-corrected chi connectivity index (χ4v) is 1.36. The van der Waals surface area contributed by atoms with Crippen LogP contribution in [0.4, 0.5) is 0 Å². The van der Waals surface area contributed by atoms with Crippen molar-refractivity contribution in [3.8, 4) is 5.75 Å². The number of ether oxygens (including phenoxy) is 1. The van der Waals surface area contributed by atoms with Crippen LogP contribution < -0.4 is 10.1 Å². The van der Waals surface area contributed by atoms with Gasteiger partial charge in [0.25, 0.3) is 5.91 Å². The zero-order chi connectivity index (χ0) is 13.5. The molecular weight excluding hydrogens is 230 g/mol. The Hall–Kier alpha value is -1.62. The number of hydrogen-bond donors (Lipinski definition) is 1. The maximum absolute atomic E-state index is 11.7. The number of carbonyl (C=O) groups excluding carboxylic acids is 1. The van der Waals surface area contributed by atoms with E-state index >= 15 is 0 Å². The van der Waals surface area contributed by atoms with Gasteiger partial charge in [-0.2, -0.15) is 0 Å².